The largest absolute Gasteiger partial charge is 0.440 e. The third kappa shape index (κ3) is 4.49. The Morgan fingerprint density at radius 2 is 1.84 bits per heavy atom. The number of allylic oxidation sites excluding steroid dienone is 2. The summed E-state index contributed by atoms with van der Waals surface area (Å²) in [5.74, 6) is 0.214. The Morgan fingerprint density at radius 1 is 1.13 bits per heavy atom. The highest BCUT2D eigenvalue weighted by Crippen LogP contribution is 2.49. The molecular formula is C32H28ClN3O2. The lowest BCUT2D eigenvalue weighted by Gasteiger charge is -2.32. The van der Waals surface area contributed by atoms with Crippen molar-refractivity contribution in [3.05, 3.63) is 117 Å². The molecule has 3 N–H and O–H groups in total. The number of nitrogens with zero attached hydrogens (tertiary/aromatic N) is 1. The summed E-state index contributed by atoms with van der Waals surface area (Å²) in [6.45, 7) is 8.31. The van der Waals surface area contributed by atoms with E-state index in [-0.39, 0.29) is 17.1 Å². The Kier molecular flexibility index (Phi) is 6.38. The molecule has 0 spiro atoms. The molecule has 5 nitrogen and oxygen atoms in total. The van der Waals surface area contributed by atoms with Crippen LogP contribution in [0.4, 0.5) is 0 Å². The van der Waals surface area contributed by atoms with Crippen molar-refractivity contribution in [2.45, 2.75) is 39.0 Å². The zero-order chi connectivity index (χ0) is 27.2. The molecule has 0 fully saturated rings. The molecular weight excluding hydrogens is 494 g/mol. The van der Waals surface area contributed by atoms with Crippen LogP contribution < -0.4 is 10.5 Å². The highest BCUT2D eigenvalue weighted by atomic mass is 35.5. The van der Waals surface area contributed by atoms with Crippen LogP contribution in [0.25, 0.3) is 17.0 Å². The predicted molar refractivity (Wildman–Crippen MR) is 152 cm³/mol. The number of hydrogen-bond acceptors (Lipinski definition) is 4. The lowest BCUT2D eigenvalue weighted by Crippen LogP contribution is -2.25. The van der Waals surface area contributed by atoms with Gasteiger partial charge in [0.15, 0.2) is 5.78 Å². The summed E-state index contributed by atoms with van der Waals surface area (Å²) in [6, 6.07) is 21.2. The van der Waals surface area contributed by atoms with Crippen LogP contribution in [0.3, 0.4) is 0 Å². The molecule has 1 unspecified atom stereocenters. The van der Waals surface area contributed by atoms with Crippen LogP contribution >= 0.6 is 11.6 Å². The second-order valence-corrected chi connectivity index (χ2v) is 11.0. The second-order valence-electron chi connectivity index (χ2n) is 10.6. The van der Waals surface area contributed by atoms with Gasteiger partial charge < -0.3 is 15.5 Å². The highest BCUT2D eigenvalue weighted by Gasteiger charge is 2.36. The number of carbonyl (C=O) groups is 1. The Balaban J connectivity index is 1.71. The predicted octanol–water partition coefficient (Wildman–Crippen LogP) is 7.54. The zero-order valence-corrected chi connectivity index (χ0v) is 22.5. The minimum absolute atomic E-state index is 0.112. The molecule has 0 aliphatic carbocycles. The average molecular weight is 522 g/mol. The fourth-order valence-electron chi connectivity index (χ4n) is 5.09. The van der Waals surface area contributed by atoms with Gasteiger partial charge in [-0.05, 0) is 72.0 Å². The van der Waals surface area contributed by atoms with Crippen molar-refractivity contribution in [3.8, 4) is 11.8 Å². The molecule has 0 amide bonds. The normalized spacial score (nSPS) is 15.4. The van der Waals surface area contributed by atoms with E-state index in [0.29, 0.717) is 21.9 Å². The molecule has 190 valence electrons. The standard InChI is InChI=1S/C32H28ClN3O2/c1-18-28(22-7-5-6-8-26(22)36-18)29-23-15-19(9-14-27(37)20-10-12-21(33)13-11-20)16-25(32(2,3)4)30(23)38-31(35)24(29)17-34/h5-16,29,36H,35H2,1-4H3/b14-9+. The molecule has 1 aliphatic heterocycles. The average Bonchev–Trinajstić information content (AvgIpc) is 3.21. The molecule has 2 heterocycles. The van der Waals surface area contributed by atoms with Crippen LogP contribution in [0.15, 0.2) is 78.2 Å². The van der Waals surface area contributed by atoms with Gasteiger partial charge in [0.25, 0.3) is 0 Å². The monoisotopic (exact) mass is 521 g/mol. The smallest absolute Gasteiger partial charge is 0.205 e. The van der Waals surface area contributed by atoms with Crippen LogP contribution in [0.1, 0.15) is 65.0 Å². The van der Waals surface area contributed by atoms with E-state index >= 15 is 0 Å². The second kappa shape index (κ2) is 9.55. The van der Waals surface area contributed by atoms with Gasteiger partial charge in [-0.1, -0.05) is 56.6 Å². The number of rotatable bonds is 4. The minimum atomic E-state index is -0.429. The molecule has 5 rings (SSSR count). The third-order valence-corrected chi connectivity index (χ3v) is 7.19. The summed E-state index contributed by atoms with van der Waals surface area (Å²) in [5, 5.41) is 11.8. The van der Waals surface area contributed by atoms with Gasteiger partial charge in [0.1, 0.15) is 17.4 Å². The van der Waals surface area contributed by atoms with E-state index in [0.717, 1.165) is 38.9 Å². The van der Waals surface area contributed by atoms with Crippen LogP contribution in [0, 0.1) is 18.3 Å². The van der Waals surface area contributed by atoms with Gasteiger partial charge in [0.2, 0.25) is 5.88 Å². The fraction of sp³-hybridized carbons (Fsp3) is 0.188. The summed E-state index contributed by atoms with van der Waals surface area (Å²) in [5.41, 5.74) is 12.6. The van der Waals surface area contributed by atoms with E-state index in [9.17, 15) is 10.1 Å². The number of benzene rings is 3. The van der Waals surface area contributed by atoms with E-state index in [1.807, 2.05) is 43.3 Å². The van der Waals surface area contributed by atoms with Crippen molar-refractivity contribution in [2.24, 2.45) is 5.73 Å². The number of aryl methyl sites for hydroxylation is 1. The maximum absolute atomic E-state index is 12.9. The molecule has 1 aliphatic rings. The maximum Gasteiger partial charge on any atom is 0.205 e. The Hall–Kier alpha value is -4.27. The van der Waals surface area contributed by atoms with Gasteiger partial charge in [0.05, 0.1) is 5.92 Å². The molecule has 6 heteroatoms. The van der Waals surface area contributed by atoms with E-state index in [4.69, 9.17) is 22.1 Å². The lowest BCUT2D eigenvalue weighted by atomic mass is 9.77. The number of ether oxygens (including phenoxy) is 1. The van der Waals surface area contributed by atoms with Crippen LogP contribution in [-0.2, 0) is 5.41 Å². The fourth-order valence-corrected chi connectivity index (χ4v) is 5.22. The van der Waals surface area contributed by atoms with Gasteiger partial charge in [-0.2, -0.15) is 5.26 Å². The maximum atomic E-state index is 12.9. The molecule has 3 aromatic carbocycles. The van der Waals surface area contributed by atoms with E-state index in [1.165, 1.54) is 0 Å². The van der Waals surface area contributed by atoms with Crippen molar-refractivity contribution in [1.29, 1.82) is 5.26 Å². The number of nitriles is 1. The minimum Gasteiger partial charge on any atom is -0.440 e. The topological polar surface area (TPSA) is 91.9 Å². The van der Waals surface area contributed by atoms with E-state index in [1.54, 1.807) is 36.4 Å². The van der Waals surface area contributed by atoms with Gasteiger partial charge in [-0.25, -0.2) is 0 Å². The van der Waals surface area contributed by atoms with Crippen molar-refractivity contribution in [1.82, 2.24) is 4.98 Å². The van der Waals surface area contributed by atoms with Gasteiger partial charge >= 0.3 is 0 Å². The number of para-hydroxylation sites is 1. The first-order valence-electron chi connectivity index (χ1n) is 12.4. The highest BCUT2D eigenvalue weighted by molar-refractivity contribution is 6.30. The molecule has 0 radical (unpaired) electrons. The first kappa shape index (κ1) is 25.4. The zero-order valence-electron chi connectivity index (χ0n) is 21.7. The Bertz CT molecular complexity index is 1680. The molecule has 0 bridgehead atoms. The summed E-state index contributed by atoms with van der Waals surface area (Å²) in [6.07, 6.45) is 3.36. The number of ketones is 1. The number of aromatic amines is 1. The lowest BCUT2D eigenvalue weighted by molar-refractivity contribution is 0.104. The Labute approximate surface area is 227 Å². The van der Waals surface area contributed by atoms with Gasteiger partial charge in [-0.15, -0.1) is 0 Å². The van der Waals surface area contributed by atoms with Crippen molar-refractivity contribution >= 4 is 34.4 Å². The number of carbonyl (C=O) groups excluding carboxylic acids is 1. The number of fused-ring (bicyclic) bond motifs is 2. The van der Waals surface area contributed by atoms with Gasteiger partial charge in [0, 0.05) is 38.3 Å². The van der Waals surface area contributed by atoms with Crippen molar-refractivity contribution in [3.63, 3.8) is 0 Å². The van der Waals surface area contributed by atoms with Crippen LogP contribution in [-0.4, -0.2) is 10.8 Å². The molecule has 1 aromatic heterocycles. The first-order chi connectivity index (χ1) is 18.1. The molecule has 4 aromatic rings. The van der Waals surface area contributed by atoms with Crippen molar-refractivity contribution in [2.75, 3.05) is 0 Å². The summed E-state index contributed by atoms with van der Waals surface area (Å²) < 4.78 is 6.16. The summed E-state index contributed by atoms with van der Waals surface area (Å²) in [4.78, 5) is 16.3. The van der Waals surface area contributed by atoms with Gasteiger partial charge in [-0.3, -0.25) is 4.79 Å². The van der Waals surface area contributed by atoms with E-state index in [2.05, 4.69) is 31.8 Å². The SMILES string of the molecule is Cc1[nH]c2ccccc2c1C1C(C#N)=C(N)Oc2c1cc(/C=C/C(=O)c1ccc(Cl)cc1)cc2C(C)(C)C. The number of nitrogens with two attached hydrogens (primary N) is 1. The molecule has 38 heavy (non-hydrogen) atoms. The third-order valence-electron chi connectivity index (χ3n) is 6.93. The van der Waals surface area contributed by atoms with Crippen molar-refractivity contribution < 1.29 is 9.53 Å². The summed E-state index contributed by atoms with van der Waals surface area (Å²) >= 11 is 5.98. The molecule has 0 saturated heterocycles. The molecule has 1 atom stereocenters. The summed E-state index contributed by atoms with van der Waals surface area (Å²) in [7, 11) is 0. The number of hydrogen-bond donors (Lipinski definition) is 2. The quantitative estimate of drug-likeness (QED) is 0.214. The number of nitrogens with one attached hydrogen (secondary N) is 1. The number of H-pyrrole nitrogens is 1. The number of halogens is 1. The first-order valence-corrected chi connectivity index (χ1v) is 12.8. The van der Waals surface area contributed by atoms with Crippen LogP contribution in [0.2, 0.25) is 5.02 Å². The van der Waals surface area contributed by atoms with E-state index < -0.39 is 5.92 Å². The Morgan fingerprint density at radius 3 is 2.53 bits per heavy atom. The van der Waals surface area contributed by atoms with Crippen LogP contribution in [0.5, 0.6) is 5.75 Å². The molecule has 0 saturated carbocycles. The number of aromatic nitrogens is 1.